The van der Waals surface area contributed by atoms with Gasteiger partial charge in [0.1, 0.15) is 0 Å². The molecular weight excluding hydrogens is 366 g/mol. The van der Waals surface area contributed by atoms with Gasteiger partial charge in [-0.3, -0.25) is 15.1 Å². The molecule has 0 atom stereocenters. The normalized spacial score (nSPS) is 13.2. The number of ether oxygens (including phenoxy) is 1. The zero-order chi connectivity index (χ0) is 21.2. The van der Waals surface area contributed by atoms with Gasteiger partial charge >= 0.3 is 6.09 Å². The maximum atomic E-state index is 12.5. The van der Waals surface area contributed by atoms with E-state index in [1.165, 1.54) is 5.56 Å². The zero-order valence-corrected chi connectivity index (χ0v) is 17.8. The summed E-state index contributed by atoms with van der Waals surface area (Å²) >= 11 is 0. The Balaban J connectivity index is 2.19. The Morgan fingerprint density at radius 2 is 1.83 bits per heavy atom. The van der Waals surface area contributed by atoms with E-state index in [1.807, 2.05) is 23.2 Å². The second-order valence-electron chi connectivity index (χ2n) is 8.25. The predicted molar refractivity (Wildman–Crippen MR) is 116 cm³/mol. The summed E-state index contributed by atoms with van der Waals surface area (Å²) in [6, 6.07) is 11.9. The highest BCUT2D eigenvalue weighted by Crippen LogP contribution is 2.39. The number of nitrogens with zero attached hydrogens (tertiary/aromatic N) is 1. The molecule has 1 aliphatic heterocycles. The minimum Gasteiger partial charge on any atom is -0.450 e. The number of aryl methyl sites for hydroxylation is 1. The molecular formula is C23H29N3O3. The molecule has 0 saturated heterocycles. The van der Waals surface area contributed by atoms with Gasteiger partial charge in [-0.2, -0.15) is 0 Å². The first-order chi connectivity index (χ1) is 13.7. The Kier molecular flexibility index (Phi) is 5.94. The summed E-state index contributed by atoms with van der Waals surface area (Å²) in [6.45, 7) is 9.86. The molecule has 154 valence electrons. The molecule has 1 aliphatic rings. The van der Waals surface area contributed by atoms with E-state index < -0.39 is 6.09 Å². The first-order valence-electron chi connectivity index (χ1n) is 9.97. The highest BCUT2D eigenvalue weighted by Gasteiger charge is 2.27. The lowest BCUT2D eigenvalue weighted by Gasteiger charge is -2.35. The van der Waals surface area contributed by atoms with Gasteiger partial charge in [0.05, 0.1) is 18.0 Å². The van der Waals surface area contributed by atoms with E-state index in [4.69, 9.17) is 4.74 Å². The van der Waals surface area contributed by atoms with Crippen LogP contribution in [0.4, 0.5) is 21.9 Å². The highest BCUT2D eigenvalue weighted by atomic mass is 16.5. The standard InChI is InChI=1S/C23H29N3O3/c1-6-29-22(28)24-17-13-19(15(2)27)18-12-11-16-9-7-8-10-20(16)26(21(18)14-17)25-23(3,4)5/h7-10,13-14,25H,6,11-12H2,1-5H3,(H,24,28). The molecule has 2 aromatic carbocycles. The third-order valence-electron chi connectivity index (χ3n) is 4.69. The number of fused-ring (bicyclic) bond motifs is 2. The van der Waals surface area contributed by atoms with E-state index in [0.717, 1.165) is 29.8 Å². The van der Waals surface area contributed by atoms with Crippen molar-refractivity contribution in [3.8, 4) is 0 Å². The second kappa shape index (κ2) is 8.25. The zero-order valence-electron chi connectivity index (χ0n) is 17.8. The van der Waals surface area contributed by atoms with Crippen molar-refractivity contribution in [2.75, 3.05) is 16.9 Å². The van der Waals surface area contributed by atoms with E-state index in [2.05, 4.69) is 43.6 Å². The molecule has 29 heavy (non-hydrogen) atoms. The van der Waals surface area contributed by atoms with E-state index in [1.54, 1.807) is 19.9 Å². The van der Waals surface area contributed by atoms with Gasteiger partial charge in [-0.15, -0.1) is 0 Å². The summed E-state index contributed by atoms with van der Waals surface area (Å²) in [7, 11) is 0. The number of para-hydroxylation sites is 1. The largest absolute Gasteiger partial charge is 0.450 e. The van der Waals surface area contributed by atoms with Crippen LogP contribution in [-0.4, -0.2) is 24.0 Å². The first-order valence-corrected chi connectivity index (χ1v) is 9.97. The van der Waals surface area contributed by atoms with Crippen molar-refractivity contribution < 1.29 is 14.3 Å². The van der Waals surface area contributed by atoms with Crippen molar-refractivity contribution in [1.29, 1.82) is 0 Å². The van der Waals surface area contributed by atoms with Crippen LogP contribution in [0.1, 0.15) is 56.1 Å². The number of hydrazine groups is 1. The smallest absolute Gasteiger partial charge is 0.411 e. The summed E-state index contributed by atoms with van der Waals surface area (Å²) in [5.41, 5.74) is 8.58. The molecule has 2 aromatic rings. The number of anilines is 3. The molecule has 6 nitrogen and oxygen atoms in total. The molecule has 0 aromatic heterocycles. The third kappa shape index (κ3) is 4.77. The fraction of sp³-hybridized carbons (Fsp3) is 0.391. The third-order valence-corrected chi connectivity index (χ3v) is 4.69. The number of carbonyl (C=O) groups excluding carboxylic acids is 2. The Morgan fingerprint density at radius 1 is 1.10 bits per heavy atom. The van der Waals surface area contributed by atoms with Crippen LogP contribution in [0.3, 0.4) is 0 Å². The minimum atomic E-state index is -0.536. The van der Waals surface area contributed by atoms with E-state index in [0.29, 0.717) is 11.3 Å². The molecule has 0 aliphatic carbocycles. The van der Waals surface area contributed by atoms with Gasteiger partial charge in [0.15, 0.2) is 5.78 Å². The molecule has 6 heteroatoms. The molecule has 0 bridgehead atoms. The molecule has 0 saturated carbocycles. The SMILES string of the molecule is CCOC(=O)Nc1cc(C(C)=O)c2c(c1)N(NC(C)(C)C)c1ccccc1CC2. The number of Topliss-reactive ketones (excluding diaryl/α,β-unsaturated/α-hetero) is 1. The second-order valence-corrected chi connectivity index (χ2v) is 8.25. The predicted octanol–water partition coefficient (Wildman–Crippen LogP) is 5.00. The Labute approximate surface area is 172 Å². The molecule has 1 heterocycles. The lowest BCUT2D eigenvalue weighted by Crippen LogP contribution is -2.47. The molecule has 0 unspecified atom stereocenters. The van der Waals surface area contributed by atoms with Crippen molar-refractivity contribution in [2.24, 2.45) is 0 Å². The van der Waals surface area contributed by atoms with Gasteiger partial charge in [0.2, 0.25) is 0 Å². The van der Waals surface area contributed by atoms with Gasteiger partial charge in [0.25, 0.3) is 0 Å². The molecule has 0 spiro atoms. The average Bonchev–Trinajstić information content (AvgIpc) is 2.78. The van der Waals surface area contributed by atoms with E-state index in [-0.39, 0.29) is 17.9 Å². The van der Waals surface area contributed by atoms with Gasteiger partial charge in [0, 0.05) is 16.8 Å². The number of benzene rings is 2. The Morgan fingerprint density at radius 3 is 2.48 bits per heavy atom. The number of amides is 1. The topological polar surface area (TPSA) is 70.7 Å². The quantitative estimate of drug-likeness (QED) is 0.713. The molecule has 1 amide bonds. The van der Waals surface area contributed by atoms with Gasteiger partial charge in [-0.25, -0.2) is 10.2 Å². The van der Waals surface area contributed by atoms with Crippen LogP contribution in [0.25, 0.3) is 0 Å². The van der Waals surface area contributed by atoms with Crippen LogP contribution in [0.5, 0.6) is 0 Å². The first kappa shape index (κ1) is 20.9. The van der Waals surface area contributed by atoms with Crippen molar-refractivity contribution in [1.82, 2.24) is 5.43 Å². The number of hydrogen-bond acceptors (Lipinski definition) is 5. The number of rotatable bonds is 4. The Bertz CT molecular complexity index is 931. The van der Waals surface area contributed by atoms with E-state index >= 15 is 0 Å². The summed E-state index contributed by atoms with van der Waals surface area (Å²) in [5.74, 6) is -0.0320. The Hall–Kier alpha value is -2.86. The van der Waals surface area contributed by atoms with Crippen LogP contribution in [0.2, 0.25) is 0 Å². The lowest BCUT2D eigenvalue weighted by molar-refractivity contribution is 0.101. The molecule has 2 N–H and O–H groups in total. The minimum absolute atomic E-state index is 0.0320. The number of nitrogens with one attached hydrogen (secondary N) is 2. The van der Waals surface area contributed by atoms with Gasteiger partial charge < -0.3 is 4.74 Å². The van der Waals surface area contributed by atoms with Crippen molar-refractivity contribution in [3.05, 3.63) is 53.1 Å². The van der Waals surface area contributed by atoms with E-state index in [9.17, 15) is 9.59 Å². The average molecular weight is 396 g/mol. The monoisotopic (exact) mass is 395 g/mol. The van der Waals surface area contributed by atoms with Crippen molar-refractivity contribution in [2.45, 2.75) is 53.0 Å². The van der Waals surface area contributed by atoms with Crippen LogP contribution in [0, 0.1) is 0 Å². The number of hydrogen-bond donors (Lipinski definition) is 2. The number of ketones is 1. The lowest BCUT2D eigenvalue weighted by atomic mass is 9.96. The summed E-state index contributed by atoms with van der Waals surface area (Å²) in [6.07, 6.45) is 1.03. The fourth-order valence-corrected chi connectivity index (χ4v) is 3.58. The molecule has 0 fully saturated rings. The summed E-state index contributed by atoms with van der Waals surface area (Å²) in [4.78, 5) is 24.5. The van der Waals surface area contributed by atoms with Gasteiger partial charge in [-0.1, -0.05) is 18.2 Å². The number of carbonyl (C=O) groups is 2. The molecule has 3 rings (SSSR count). The maximum Gasteiger partial charge on any atom is 0.411 e. The molecule has 0 radical (unpaired) electrons. The summed E-state index contributed by atoms with van der Waals surface area (Å²) in [5, 5.41) is 4.79. The van der Waals surface area contributed by atoms with Crippen molar-refractivity contribution in [3.63, 3.8) is 0 Å². The fourth-order valence-electron chi connectivity index (χ4n) is 3.58. The highest BCUT2D eigenvalue weighted by molar-refractivity contribution is 6.00. The van der Waals surface area contributed by atoms with Crippen LogP contribution in [0.15, 0.2) is 36.4 Å². The van der Waals surface area contributed by atoms with Crippen LogP contribution < -0.4 is 15.8 Å². The summed E-state index contributed by atoms with van der Waals surface area (Å²) < 4.78 is 5.01. The van der Waals surface area contributed by atoms with Crippen LogP contribution >= 0.6 is 0 Å². The van der Waals surface area contributed by atoms with Crippen LogP contribution in [-0.2, 0) is 17.6 Å². The van der Waals surface area contributed by atoms with Gasteiger partial charge in [-0.05, 0) is 76.8 Å². The maximum absolute atomic E-state index is 12.5. The van der Waals surface area contributed by atoms with Crippen molar-refractivity contribution >= 4 is 28.9 Å².